The van der Waals surface area contributed by atoms with E-state index in [0.717, 1.165) is 51.5 Å². The number of aliphatic hydroxyl groups excluding tert-OH is 2. The van der Waals surface area contributed by atoms with Crippen molar-refractivity contribution in [2.45, 2.75) is 94.9 Å². The summed E-state index contributed by atoms with van der Waals surface area (Å²) in [6, 6.07) is 37.1. The normalized spacial score (nSPS) is 21.3. The van der Waals surface area contributed by atoms with E-state index >= 15 is 4.79 Å². The number of nitrogens with zero attached hydrogens (tertiary/aromatic N) is 5. The maximum absolute atomic E-state index is 15.6. The maximum atomic E-state index is 15.6. The van der Waals surface area contributed by atoms with Crippen LogP contribution in [0.1, 0.15) is 67.0 Å². The van der Waals surface area contributed by atoms with Crippen molar-refractivity contribution in [1.29, 1.82) is 0 Å². The Labute approximate surface area is 416 Å². The van der Waals surface area contributed by atoms with E-state index in [4.69, 9.17) is 25.8 Å². The zero-order valence-corrected chi connectivity index (χ0v) is 42.3. The van der Waals surface area contributed by atoms with Crippen LogP contribution in [-0.4, -0.2) is 90.7 Å². The molecule has 0 bridgehead atoms. The number of unbranched alkanes of at least 4 members (excludes halogenated alkanes) is 1. The highest BCUT2D eigenvalue weighted by Crippen LogP contribution is 2.60. The smallest absolute Gasteiger partial charge is 0.264 e. The fraction of sp³-hybridized carbons (Fsp3) is 0.382. The third kappa shape index (κ3) is 9.28. The summed E-state index contributed by atoms with van der Waals surface area (Å²) >= 11 is 6.84. The topological polar surface area (TPSA) is 152 Å². The lowest BCUT2D eigenvalue weighted by Crippen LogP contribution is -2.51. The van der Waals surface area contributed by atoms with Crippen LogP contribution in [0, 0.1) is 5.92 Å². The molecule has 2 amide bonds. The van der Waals surface area contributed by atoms with Gasteiger partial charge in [-0.1, -0.05) is 96.6 Å². The summed E-state index contributed by atoms with van der Waals surface area (Å²) in [5, 5.41) is 34.0. The summed E-state index contributed by atoms with van der Waals surface area (Å²) in [6.07, 6.45) is 4.06. The highest BCUT2D eigenvalue weighted by molar-refractivity contribution is 6.91. The van der Waals surface area contributed by atoms with Gasteiger partial charge < -0.3 is 34.6 Å². The highest BCUT2D eigenvalue weighted by Gasteiger charge is 2.66. The third-order valence-electron chi connectivity index (χ3n) is 14.8. The molecule has 15 heteroatoms. The number of nitrogens with one attached hydrogen (secondary N) is 1. The van der Waals surface area contributed by atoms with Crippen LogP contribution >= 0.6 is 11.6 Å². The minimum absolute atomic E-state index is 0.0176. The average Bonchev–Trinajstić information content (AvgIpc) is 4.03. The van der Waals surface area contributed by atoms with Crippen LogP contribution in [0.5, 0.6) is 11.5 Å². The number of halogens is 1. The van der Waals surface area contributed by atoms with Crippen molar-refractivity contribution in [1.82, 2.24) is 20.3 Å². The summed E-state index contributed by atoms with van der Waals surface area (Å²) < 4.78 is 20.6. The monoisotopic (exact) mass is 982 g/mol. The zero-order valence-electron chi connectivity index (χ0n) is 40.6. The Balaban J connectivity index is 1.02. The minimum Gasteiger partial charge on any atom is -0.497 e. The van der Waals surface area contributed by atoms with Gasteiger partial charge in [-0.3, -0.25) is 19.2 Å². The number of fused-ring (bicyclic) bond motifs is 3. The third-order valence-corrected chi connectivity index (χ3v) is 19.4. The van der Waals surface area contributed by atoms with E-state index < -0.39 is 19.7 Å². The van der Waals surface area contributed by atoms with Crippen molar-refractivity contribution < 1.29 is 34.0 Å². The number of aromatic nitrogens is 3. The number of carbonyl (C=O) groups is 2. The number of amides is 2. The van der Waals surface area contributed by atoms with Gasteiger partial charge in [0.25, 0.3) is 5.91 Å². The van der Waals surface area contributed by atoms with E-state index in [0.29, 0.717) is 55.4 Å². The Kier molecular flexibility index (Phi) is 14.6. The Morgan fingerprint density at radius 3 is 2.39 bits per heavy atom. The van der Waals surface area contributed by atoms with Crippen LogP contribution < -0.4 is 29.8 Å². The number of rotatable bonds is 19. The quantitative estimate of drug-likeness (QED) is 0.0535. The summed E-state index contributed by atoms with van der Waals surface area (Å²) in [7, 11) is -0.789. The lowest BCUT2D eigenvalue weighted by Gasteiger charge is -2.37. The number of anilines is 3. The van der Waals surface area contributed by atoms with Gasteiger partial charge in [0.2, 0.25) is 5.91 Å². The van der Waals surface area contributed by atoms with Gasteiger partial charge in [0, 0.05) is 41.5 Å². The second-order valence-corrected chi connectivity index (χ2v) is 24.4. The molecule has 6 atom stereocenters. The molecule has 4 heterocycles. The van der Waals surface area contributed by atoms with E-state index in [1.807, 2.05) is 126 Å². The largest absolute Gasteiger partial charge is 0.497 e. The summed E-state index contributed by atoms with van der Waals surface area (Å²) in [5.74, 6) is 0.787. The van der Waals surface area contributed by atoms with Crippen LogP contribution in [-0.2, 0) is 39.4 Å². The Morgan fingerprint density at radius 2 is 1.67 bits per heavy atom. The molecule has 13 nitrogen and oxygen atoms in total. The van der Waals surface area contributed by atoms with E-state index in [1.54, 1.807) is 12.0 Å². The fourth-order valence-corrected chi connectivity index (χ4v) is 15.5. The Morgan fingerprint density at radius 1 is 0.929 bits per heavy atom. The SMILES string of the molecule is CCOc1ccc2c(c1)CC(NCCCCO)C(=O)N2c1ccc(CN2C(=O)[C@]3(O[C@H](CCn4cc(C(CO)c5ccccc5)nn4)[C@@H]([Si](C)(C)c4ccc(OC)cc4)[C@@H]3C)c3cc(Cl)ccc32)cc1. The number of hydrogen-bond acceptors (Lipinski definition) is 10. The molecule has 0 aliphatic carbocycles. The summed E-state index contributed by atoms with van der Waals surface area (Å²) in [5.41, 5.74) is 5.23. The van der Waals surface area contributed by atoms with Crippen molar-refractivity contribution in [2.75, 3.05) is 43.3 Å². The molecule has 1 fully saturated rings. The van der Waals surface area contributed by atoms with Gasteiger partial charge >= 0.3 is 0 Å². The van der Waals surface area contributed by atoms with Gasteiger partial charge in [0.1, 0.15) is 11.5 Å². The summed E-state index contributed by atoms with van der Waals surface area (Å²) in [4.78, 5) is 33.5. The number of aryl methyl sites for hydroxylation is 1. The van der Waals surface area contributed by atoms with Gasteiger partial charge in [-0.05, 0) is 122 Å². The lowest BCUT2D eigenvalue weighted by atomic mass is 9.82. The first kappa shape index (κ1) is 49.1. The van der Waals surface area contributed by atoms with Crippen LogP contribution in [0.2, 0.25) is 23.7 Å². The second kappa shape index (κ2) is 20.8. The molecular weight excluding hydrogens is 920 g/mol. The Bertz CT molecular complexity index is 2790. The molecule has 6 aromatic rings. The number of methoxy groups -OCH3 is 1. The molecule has 1 spiro atoms. The van der Waals surface area contributed by atoms with Crippen molar-refractivity contribution >= 4 is 53.7 Å². The molecule has 3 aliphatic rings. The van der Waals surface area contributed by atoms with Crippen LogP contribution in [0.4, 0.5) is 17.1 Å². The molecule has 9 rings (SSSR count). The van der Waals surface area contributed by atoms with Crippen LogP contribution in [0.25, 0.3) is 0 Å². The van der Waals surface area contributed by atoms with E-state index in [9.17, 15) is 15.0 Å². The van der Waals surface area contributed by atoms with Gasteiger partial charge in [0.05, 0.1) is 70.1 Å². The van der Waals surface area contributed by atoms with E-state index in [1.165, 1.54) is 5.19 Å². The molecule has 0 saturated carbocycles. The first-order chi connectivity index (χ1) is 33.9. The molecule has 2 unspecified atom stereocenters. The van der Waals surface area contributed by atoms with Crippen molar-refractivity contribution in [3.63, 3.8) is 0 Å². The van der Waals surface area contributed by atoms with Crippen molar-refractivity contribution in [3.05, 3.63) is 154 Å². The summed E-state index contributed by atoms with van der Waals surface area (Å²) in [6.45, 7) is 10.8. The molecule has 0 radical (unpaired) electrons. The zero-order chi connectivity index (χ0) is 49.2. The van der Waals surface area contributed by atoms with Gasteiger partial charge in [-0.15, -0.1) is 5.10 Å². The number of carbonyl (C=O) groups excluding carboxylic acids is 2. The van der Waals surface area contributed by atoms with Crippen molar-refractivity contribution in [3.8, 4) is 11.5 Å². The lowest BCUT2D eigenvalue weighted by molar-refractivity contribution is -0.146. The van der Waals surface area contributed by atoms with Crippen molar-refractivity contribution in [2.24, 2.45) is 5.92 Å². The molecule has 3 aliphatic heterocycles. The van der Waals surface area contributed by atoms with Gasteiger partial charge in [0.15, 0.2) is 5.60 Å². The van der Waals surface area contributed by atoms with Gasteiger partial charge in [-0.25, -0.2) is 0 Å². The molecular formula is C55H63ClN6O7Si. The molecule has 3 N–H and O–H groups in total. The number of aliphatic hydroxyl groups is 2. The standard InChI is InChI=1S/C55H63ClN6O7Si/c1-6-68-43-21-25-49-39(30-43)31-47(57-27-10-11-29-63)53(65)62(49)41-17-14-37(15-18-41)33-61-50-24-16-40(56)32-46(50)55(54(61)66)36(2)52(70(4,5)44-22-19-42(67-3)20-23-44)51(69-55)26-28-60-34-48(58-59-60)45(35-64)38-12-8-7-9-13-38/h7-9,12-25,30,32,34,36,45,47,51-52,57,63-64H,6,10-11,26-29,31,33,35H2,1-5H3/t36-,45?,47?,51+,52-,55+/m0/s1. The van der Waals surface area contributed by atoms with Crippen LogP contribution in [0.15, 0.2) is 121 Å². The van der Waals surface area contributed by atoms with E-state index in [-0.39, 0.29) is 55.1 Å². The predicted octanol–water partition coefficient (Wildman–Crippen LogP) is 8.27. The first-order valence-corrected chi connectivity index (χ1v) is 27.9. The molecule has 70 heavy (non-hydrogen) atoms. The van der Waals surface area contributed by atoms with Crippen LogP contribution in [0.3, 0.4) is 0 Å². The molecule has 366 valence electrons. The fourth-order valence-electron chi connectivity index (χ4n) is 11.3. The number of ether oxygens (including phenoxy) is 3. The predicted molar refractivity (Wildman–Crippen MR) is 275 cm³/mol. The second-order valence-electron chi connectivity index (χ2n) is 19.3. The molecule has 1 saturated heterocycles. The maximum Gasteiger partial charge on any atom is 0.264 e. The Hall–Kier alpha value is -5.87. The number of hydrogen-bond donors (Lipinski definition) is 3. The molecule has 1 aromatic heterocycles. The highest BCUT2D eigenvalue weighted by atomic mass is 35.5. The average molecular weight is 984 g/mol. The first-order valence-electron chi connectivity index (χ1n) is 24.4. The molecule has 5 aromatic carbocycles. The minimum atomic E-state index is -2.46. The van der Waals surface area contributed by atoms with Gasteiger partial charge in [-0.2, -0.15) is 0 Å². The number of benzene rings is 5. The van der Waals surface area contributed by atoms with E-state index in [2.05, 4.69) is 47.8 Å².